The van der Waals surface area contributed by atoms with Gasteiger partial charge in [0, 0.05) is 12.1 Å². The molecule has 0 aromatic heterocycles. The molecule has 0 unspecified atom stereocenters. The monoisotopic (exact) mass is 293 g/mol. The lowest BCUT2D eigenvalue weighted by atomic mass is 10.1. The third-order valence-corrected chi connectivity index (χ3v) is 2.53. The Labute approximate surface area is 115 Å². The molecule has 0 heterocycles. The lowest BCUT2D eigenvalue weighted by Gasteiger charge is -2.14. The summed E-state index contributed by atoms with van der Waals surface area (Å²) in [4.78, 5) is 0. The number of nitrogens with one attached hydrogen (secondary N) is 1. The van der Waals surface area contributed by atoms with Gasteiger partial charge in [0.1, 0.15) is 12.4 Å². The maximum Gasteiger partial charge on any atom is 0.419 e. The van der Waals surface area contributed by atoms with Gasteiger partial charge in [0.25, 0.3) is 0 Å². The van der Waals surface area contributed by atoms with Gasteiger partial charge in [-0.1, -0.05) is 24.6 Å². The fourth-order valence-corrected chi connectivity index (χ4v) is 1.55. The highest BCUT2D eigenvalue weighted by atomic mass is 35.5. The van der Waals surface area contributed by atoms with E-state index < -0.39 is 11.7 Å². The van der Waals surface area contributed by atoms with Gasteiger partial charge in [-0.15, -0.1) is 0 Å². The Balaban J connectivity index is 2.96. The van der Waals surface area contributed by atoms with Gasteiger partial charge in [-0.25, -0.2) is 0 Å². The number of alkyl halides is 3. The molecule has 6 heteroatoms. The zero-order chi connectivity index (χ0) is 14.3. The van der Waals surface area contributed by atoms with Crippen molar-refractivity contribution in [3.63, 3.8) is 0 Å². The molecule has 0 saturated heterocycles. The summed E-state index contributed by atoms with van der Waals surface area (Å²) in [7, 11) is 0. The summed E-state index contributed by atoms with van der Waals surface area (Å²) >= 11 is 5.29. The van der Waals surface area contributed by atoms with Crippen molar-refractivity contribution in [3.05, 3.63) is 40.9 Å². The Morgan fingerprint density at radius 2 is 2.11 bits per heavy atom. The Kier molecular flexibility index (Phi) is 6.18. The molecule has 1 aromatic carbocycles. The fraction of sp³-hybridized carbons (Fsp3) is 0.385. The van der Waals surface area contributed by atoms with Gasteiger partial charge in [-0.2, -0.15) is 13.2 Å². The van der Waals surface area contributed by atoms with Crippen molar-refractivity contribution in [3.8, 4) is 5.75 Å². The van der Waals surface area contributed by atoms with Crippen LogP contribution in [0.3, 0.4) is 0 Å². The van der Waals surface area contributed by atoms with Crippen LogP contribution in [0.2, 0.25) is 0 Å². The summed E-state index contributed by atoms with van der Waals surface area (Å²) in [5.41, 5.74) is 0.993. The Hall–Kier alpha value is -1.20. The highest BCUT2D eigenvalue weighted by Gasteiger charge is 2.34. The average molecular weight is 294 g/mol. The Bertz CT molecular complexity index is 432. The molecule has 0 bridgehead atoms. The summed E-state index contributed by atoms with van der Waals surface area (Å²) in [6, 6.07) is 4.04. The minimum atomic E-state index is -4.44. The summed E-state index contributed by atoms with van der Waals surface area (Å²) in [6.07, 6.45) is -3.02. The first-order valence-electron chi connectivity index (χ1n) is 5.78. The van der Waals surface area contributed by atoms with Crippen LogP contribution < -0.4 is 10.1 Å². The summed E-state index contributed by atoms with van der Waals surface area (Å²) in [6.45, 7) is 2.97. The van der Waals surface area contributed by atoms with Crippen LogP contribution in [0.5, 0.6) is 5.75 Å². The Morgan fingerprint density at radius 1 is 1.37 bits per heavy atom. The topological polar surface area (TPSA) is 21.3 Å². The molecule has 0 radical (unpaired) electrons. The van der Waals surface area contributed by atoms with Gasteiger partial charge in [-0.3, -0.25) is 0 Å². The number of hydrogen-bond donors (Lipinski definition) is 1. The minimum Gasteiger partial charge on any atom is -0.489 e. The quantitative estimate of drug-likeness (QED) is 0.857. The molecule has 0 aliphatic heterocycles. The highest BCUT2D eigenvalue weighted by Crippen LogP contribution is 2.36. The second-order valence-corrected chi connectivity index (χ2v) is 4.03. The molecule has 0 fully saturated rings. The van der Waals surface area contributed by atoms with E-state index in [2.05, 4.69) is 5.32 Å². The van der Waals surface area contributed by atoms with E-state index >= 15 is 0 Å². The first-order chi connectivity index (χ1) is 8.99. The molecule has 0 amide bonds. The van der Waals surface area contributed by atoms with Crippen molar-refractivity contribution in [2.24, 2.45) is 0 Å². The average Bonchev–Trinajstić information content (AvgIpc) is 2.36. The van der Waals surface area contributed by atoms with Gasteiger partial charge in [0.15, 0.2) is 0 Å². The molecule has 0 saturated carbocycles. The van der Waals surface area contributed by atoms with Crippen LogP contribution in [-0.4, -0.2) is 13.2 Å². The molecule has 0 aliphatic rings. The predicted molar refractivity (Wildman–Crippen MR) is 69.3 cm³/mol. The van der Waals surface area contributed by atoms with E-state index in [-0.39, 0.29) is 12.4 Å². The van der Waals surface area contributed by atoms with E-state index in [9.17, 15) is 13.2 Å². The summed E-state index contributed by atoms with van der Waals surface area (Å²) in [5, 5.41) is 2.98. The SMILES string of the molecule is CCNCc1ccc(OCC=CCl)c(C(F)(F)F)c1. The van der Waals surface area contributed by atoms with Gasteiger partial charge < -0.3 is 10.1 Å². The van der Waals surface area contributed by atoms with Crippen LogP contribution in [0.4, 0.5) is 13.2 Å². The molecule has 106 valence electrons. The first kappa shape index (κ1) is 15.9. The van der Waals surface area contributed by atoms with Crippen LogP contribution in [0, 0.1) is 0 Å². The maximum atomic E-state index is 12.9. The van der Waals surface area contributed by atoms with Crippen molar-refractivity contribution in [2.45, 2.75) is 19.6 Å². The van der Waals surface area contributed by atoms with Gasteiger partial charge in [0.2, 0.25) is 0 Å². The maximum absolute atomic E-state index is 12.9. The zero-order valence-corrected chi connectivity index (χ0v) is 11.2. The van der Waals surface area contributed by atoms with E-state index in [1.165, 1.54) is 17.7 Å². The number of hydrogen-bond acceptors (Lipinski definition) is 2. The molecule has 2 nitrogen and oxygen atoms in total. The van der Waals surface area contributed by atoms with Crippen molar-refractivity contribution >= 4 is 11.6 Å². The lowest BCUT2D eigenvalue weighted by molar-refractivity contribution is -0.138. The van der Waals surface area contributed by atoms with Crippen molar-refractivity contribution < 1.29 is 17.9 Å². The zero-order valence-electron chi connectivity index (χ0n) is 10.4. The number of halogens is 4. The normalized spacial score (nSPS) is 12.1. The van der Waals surface area contributed by atoms with Gasteiger partial charge >= 0.3 is 6.18 Å². The summed E-state index contributed by atoms with van der Waals surface area (Å²) < 4.78 is 43.8. The first-order valence-corrected chi connectivity index (χ1v) is 6.21. The van der Waals surface area contributed by atoms with E-state index in [0.717, 1.165) is 6.07 Å². The molecule has 1 N–H and O–H groups in total. The van der Waals surface area contributed by atoms with Crippen LogP contribution in [0.25, 0.3) is 0 Å². The van der Waals surface area contributed by atoms with Crippen molar-refractivity contribution in [2.75, 3.05) is 13.2 Å². The van der Waals surface area contributed by atoms with Gasteiger partial charge in [0.05, 0.1) is 5.56 Å². The third-order valence-electron chi connectivity index (χ3n) is 2.35. The second kappa shape index (κ2) is 7.40. The minimum absolute atomic E-state index is 0.000856. The van der Waals surface area contributed by atoms with Gasteiger partial charge in [-0.05, 0) is 30.3 Å². The van der Waals surface area contributed by atoms with E-state index in [4.69, 9.17) is 16.3 Å². The van der Waals surface area contributed by atoms with E-state index in [0.29, 0.717) is 18.7 Å². The molecule has 0 atom stereocenters. The summed E-state index contributed by atoms with van der Waals surface area (Å²) in [5.74, 6) is -0.192. The molecule has 0 spiro atoms. The number of benzene rings is 1. The molecule has 0 aliphatic carbocycles. The molecular formula is C13H15ClF3NO. The molecule has 1 aromatic rings. The largest absolute Gasteiger partial charge is 0.489 e. The van der Waals surface area contributed by atoms with Crippen LogP contribution in [0.15, 0.2) is 29.8 Å². The van der Waals surface area contributed by atoms with E-state index in [1.54, 1.807) is 6.07 Å². The fourth-order valence-electron chi connectivity index (χ4n) is 1.48. The van der Waals surface area contributed by atoms with E-state index in [1.807, 2.05) is 6.92 Å². The van der Waals surface area contributed by atoms with Crippen LogP contribution >= 0.6 is 11.6 Å². The molecule has 19 heavy (non-hydrogen) atoms. The number of rotatable bonds is 6. The van der Waals surface area contributed by atoms with Crippen LogP contribution in [-0.2, 0) is 12.7 Å². The smallest absolute Gasteiger partial charge is 0.419 e. The highest BCUT2D eigenvalue weighted by molar-refractivity contribution is 6.25. The number of ether oxygens (including phenoxy) is 1. The van der Waals surface area contributed by atoms with Crippen molar-refractivity contribution in [1.82, 2.24) is 5.32 Å². The molecular weight excluding hydrogens is 279 g/mol. The van der Waals surface area contributed by atoms with Crippen LogP contribution in [0.1, 0.15) is 18.1 Å². The lowest BCUT2D eigenvalue weighted by Crippen LogP contribution is -2.14. The van der Waals surface area contributed by atoms with Crippen molar-refractivity contribution in [1.29, 1.82) is 0 Å². The predicted octanol–water partition coefficient (Wildman–Crippen LogP) is 3.95. The Morgan fingerprint density at radius 3 is 2.68 bits per heavy atom. The second-order valence-electron chi connectivity index (χ2n) is 3.78. The standard InChI is InChI=1S/C13H15ClF3NO/c1-2-18-9-10-4-5-12(19-7-3-6-14)11(8-10)13(15,16)17/h3-6,8,18H,2,7,9H2,1H3. The molecule has 1 rings (SSSR count). The third kappa shape index (κ3) is 5.12.